The molecule has 34 heavy (non-hydrogen) atoms. The molecule has 0 amide bonds. The lowest BCUT2D eigenvalue weighted by atomic mass is 10.0. The van der Waals surface area contributed by atoms with Crippen LogP contribution in [0.4, 0.5) is 13.2 Å². The van der Waals surface area contributed by atoms with Crippen LogP contribution in [0.1, 0.15) is 108 Å². The lowest BCUT2D eigenvalue weighted by Gasteiger charge is -2.13. The van der Waals surface area contributed by atoms with Crippen molar-refractivity contribution in [3.63, 3.8) is 0 Å². The van der Waals surface area contributed by atoms with Gasteiger partial charge in [0.15, 0.2) is 0 Å². The number of hydrogen-bond acceptors (Lipinski definition) is 4. The first kappa shape index (κ1) is 28.7. The molecule has 0 aliphatic heterocycles. The van der Waals surface area contributed by atoms with E-state index in [-0.39, 0.29) is 10.6 Å². The molecule has 0 saturated carbocycles. The number of pyridine rings is 1. The van der Waals surface area contributed by atoms with E-state index in [4.69, 9.17) is 0 Å². The van der Waals surface area contributed by atoms with Crippen LogP contribution >= 0.6 is 23.1 Å². The van der Waals surface area contributed by atoms with Crippen LogP contribution < -0.4 is 0 Å². The molecule has 0 radical (unpaired) electrons. The summed E-state index contributed by atoms with van der Waals surface area (Å²) >= 11 is 2.60. The summed E-state index contributed by atoms with van der Waals surface area (Å²) in [6, 6.07) is 6.60. The van der Waals surface area contributed by atoms with E-state index in [1.807, 2.05) is 0 Å². The van der Waals surface area contributed by atoms with Crippen LogP contribution in [0.3, 0.4) is 0 Å². The molecule has 7 heteroatoms. The number of hydrogen-bond donors (Lipinski definition) is 0. The van der Waals surface area contributed by atoms with Gasteiger partial charge in [0.25, 0.3) is 0 Å². The minimum Gasteiger partial charge on any atom is -0.236 e. The van der Waals surface area contributed by atoms with Crippen molar-refractivity contribution in [1.82, 2.24) is 4.98 Å². The summed E-state index contributed by atoms with van der Waals surface area (Å²) in [6.45, 7) is 2.25. The second kappa shape index (κ2) is 16.2. The Morgan fingerprint density at radius 3 is 1.94 bits per heavy atom. The fourth-order valence-corrected chi connectivity index (χ4v) is 5.72. The molecule has 2 aromatic heterocycles. The average molecular weight is 511 g/mol. The summed E-state index contributed by atoms with van der Waals surface area (Å²) in [7, 11) is 0. The van der Waals surface area contributed by atoms with E-state index in [9.17, 15) is 18.4 Å². The molecule has 0 aliphatic carbocycles. The van der Waals surface area contributed by atoms with Crippen molar-refractivity contribution >= 4 is 23.1 Å². The van der Waals surface area contributed by atoms with E-state index < -0.39 is 11.9 Å². The smallest absolute Gasteiger partial charge is 0.236 e. The number of thioether (sulfide) groups is 1. The van der Waals surface area contributed by atoms with E-state index in [1.54, 1.807) is 17.5 Å². The first-order valence-corrected chi connectivity index (χ1v) is 14.5. The van der Waals surface area contributed by atoms with Crippen LogP contribution in [0.15, 0.2) is 28.6 Å². The van der Waals surface area contributed by atoms with E-state index in [1.165, 1.54) is 93.7 Å². The maximum Gasteiger partial charge on any atom is 0.433 e. The topological polar surface area (TPSA) is 36.7 Å². The predicted molar refractivity (Wildman–Crippen MR) is 138 cm³/mol. The van der Waals surface area contributed by atoms with E-state index in [2.05, 4.69) is 18.0 Å². The Morgan fingerprint density at radius 1 is 0.912 bits per heavy atom. The van der Waals surface area contributed by atoms with Gasteiger partial charge in [-0.3, -0.25) is 0 Å². The molecule has 2 nitrogen and oxygen atoms in total. The third kappa shape index (κ3) is 10.4. The molecule has 0 atom stereocenters. The SMILES string of the molecule is CCCCCCCCCCCCCCCCSc1nc(C(F)(F)F)cc(-c2cccs2)c1C#N. The average Bonchev–Trinajstić information content (AvgIpc) is 3.35. The number of halogens is 3. The summed E-state index contributed by atoms with van der Waals surface area (Å²) < 4.78 is 40.2. The molecular formula is C27H37F3N2S2. The van der Waals surface area contributed by atoms with Crippen molar-refractivity contribution in [2.45, 2.75) is 108 Å². The quantitative estimate of drug-likeness (QED) is 0.157. The highest BCUT2D eigenvalue weighted by Gasteiger charge is 2.34. The monoisotopic (exact) mass is 510 g/mol. The van der Waals surface area contributed by atoms with Crippen molar-refractivity contribution in [3.8, 4) is 16.5 Å². The summed E-state index contributed by atoms with van der Waals surface area (Å²) in [5.74, 6) is 0.672. The van der Waals surface area contributed by atoms with Gasteiger partial charge in [-0.1, -0.05) is 96.5 Å². The first-order chi connectivity index (χ1) is 16.5. The summed E-state index contributed by atoms with van der Waals surface area (Å²) in [4.78, 5) is 4.46. The Morgan fingerprint density at radius 2 is 1.47 bits per heavy atom. The van der Waals surface area contributed by atoms with Crippen LogP contribution in [0, 0.1) is 11.3 Å². The van der Waals surface area contributed by atoms with Gasteiger partial charge in [-0.15, -0.1) is 23.1 Å². The predicted octanol–water partition coefficient (Wildman–Crippen LogP) is 10.3. The molecule has 0 fully saturated rings. The van der Waals surface area contributed by atoms with Crippen molar-refractivity contribution in [1.29, 1.82) is 5.26 Å². The van der Waals surface area contributed by atoms with Crippen molar-refractivity contribution in [2.24, 2.45) is 0 Å². The largest absolute Gasteiger partial charge is 0.433 e. The fraction of sp³-hybridized carbons (Fsp3) is 0.630. The molecule has 0 aromatic carbocycles. The third-order valence-corrected chi connectivity index (χ3v) is 7.88. The molecule has 0 saturated heterocycles. The van der Waals surface area contributed by atoms with Crippen molar-refractivity contribution in [2.75, 3.05) is 5.75 Å². The number of aromatic nitrogens is 1. The maximum absolute atomic E-state index is 13.4. The minimum atomic E-state index is -4.54. The summed E-state index contributed by atoms with van der Waals surface area (Å²) in [6.07, 6.45) is 13.2. The van der Waals surface area contributed by atoms with Crippen LogP contribution in [-0.4, -0.2) is 10.7 Å². The second-order valence-electron chi connectivity index (χ2n) is 8.77. The number of rotatable bonds is 17. The van der Waals surface area contributed by atoms with Gasteiger partial charge in [-0.25, -0.2) is 4.98 Å². The first-order valence-electron chi connectivity index (χ1n) is 12.7. The molecule has 0 N–H and O–H groups in total. The zero-order chi connectivity index (χ0) is 24.7. The second-order valence-corrected chi connectivity index (χ2v) is 10.8. The molecule has 188 valence electrons. The number of nitriles is 1. The third-order valence-electron chi connectivity index (χ3n) is 5.91. The Balaban J connectivity index is 1.69. The van der Waals surface area contributed by atoms with Crippen molar-refractivity contribution in [3.05, 3.63) is 34.8 Å². The number of nitrogens with zero attached hydrogens (tertiary/aromatic N) is 2. The Labute approximate surface area is 211 Å². The highest BCUT2D eigenvalue weighted by atomic mass is 32.2. The van der Waals surface area contributed by atoms with Gasteiger partial charge >= 0.3 is 6.18 Å². The van der Waals surface area contributed by atoms with E-state index in [0.29, 0.717) is 16.2 Å². The Kier molecular flexibility index (Phi) is 13.7. The summed E-state index contributed by atoms with van der Waals surface area (Å²) in [5, 5.41) is 11.6. The van der Waals surface area contributed by atoms with Gasteiger partial charge in [-0.2, -0.15) is 18.4 Å². The standard InChI is InChI=1S/C27H37F3N2S2/c1-2-3-4-5-6-7-8-9-10-11-12-13-14-15-18-34-26-23(21-31)22(24-17-16-19-33-24)20-25(32-26)27(28,29)30/h16-17,19-20H,2-15,18H2,1H3. The highest BCUT2D eigenvalue weighted by molar-refractivity contribution is 7.99. The molecule has 2 heterocycles. The molecule has 2 rings (SSSR count). The van der Waals surface area contributed by atoms with Gasteiger partial charge < -0.3 is 0 Å². The number of alkyl halides is 3. The Bertz CT molecular complexity index is 858. The lowest BCUT2D eigenvalue weighted by molar-refractivity contribution is -0.141. The Hall–Kier alpha value is -1.52. The van der Waals surface area contributed by atoms with Gasteiger partial charge in [0.05, 0.1) is 5.56 Å². The molecule has 0 aliphatic rings. The van der Waals surface area contributed by atoms with E-state index in [0.717, 1.165) is 25.3 Å². The van der Waals surface area contributed by atoms with Crippen LogP contribution in [0.25, 0.3) is 10.4 Å². The zero-order valence-corrected chi connectivity index (χ0v) is 21.9. The molecule has 0 unspecified atom stereocenters. The lowest BCUT2D eigenvalue weighted by Crippen LogP contribution is -2.10. The van der Waals surface area contributed by atoms with Crippen LogP contribution in [0.2, 0.25) is 0 Å². The van der Waals surface area contributed by atoms with Crippen molar-refractivity contribution < 1.29 is 13.2 Å². The molecule has 2 aromatic rings. The van der Waals surface area contributed by atoms with Gasteiger partial charge in [0.2, 0.25) is 0 Å². The zero-order valence-electron chi connectivity index (χ0n) is 20.3. The van der Waals surface area contributed by atoms with Gasteiger partial charge in [0.1, 0.15) is 16.8 Å². The van der Waals surface area contributed by atoms with Gasteiger partial charge in [-0.05, 0) is 29.7 Å². The highest BCUT2D eigenvalue weighted by Crippen LogP contribution is 2.38. The molecule has 0 bridgehead atoms. The maximum atomic E-state index is 13.4. The molecular weight excluding hydrogens is 473 g/mol. The van der Waals surface area contributed by atoms with Gasteiger partial charge in [0, 0.05) is 10.4 Å². The van der Waals surface area contributed by atoms with E-state index >= 15 is 0 Å². The normalized spacial score (nSPS) is 11.6. The summed E-state index contributed by atoms with van der Waals surface area (Å²) in [5.41, 5.74) is -0.368. The van der Waals surface area contributed by atoms with Crippen LogP contribution in [0.5, 0.6) is 0 Å². The number of thiophene rings is 1. The fourth-order valence-electron chi connectivity index (χ4n) is 3.97. The van der Waals surface area contributed by atoms with Crippen LogP contribution in [-0.2, 0) is 6.18 Å². The molecule has 0 spiro atoms. The number of unbranched alkanes of at least 4 members (excludes halogenated alkanes) is 13. The minimum absolute atomic E-state index is 0.190.